The first kappa shape index (κ1) is 15.9. The van der Waals surface area contributed by atoms with Crippen molar-refractivity contribution in [3.8, 4) is 12.3 Å². The summed E-state index contributed by atoms with van der Waals surface area (Å²) in [4.78, 5) is 34.7. The molecule has 3 amide bonds. The van der Waals surface area contributed by atoms with Crippen LogP contribution in [0.25, 0.3) is 0 Å². The lowest BCUT2D eigenvalue weighted by molar-refractivity contribution is -0.139. The maximum absolute atomic E-state index is 11.7. The highest BCUT2D eigenvalue weighted by atomic mass is 16.4. The van der Waals surface area contributed by atoms with Crippen LogP contribution < -0.4 is 10.6 Å². The van der Waals surface area contributed by atoms with Gasteiger partial charge in [0.15, 0.2) is 0 Å². The Kier molecular flexibility index (Phi) is 7.15. The van der Waals surface area contributed by atoms with Gasteiger partial charge >= 0.3 is 12.0 Å². The van der Waals surface area contributed by atoms with Crippen molar-refractivity contribution < 1.29 is 19.5 Å². The van der Waals surface area contributed by atoms with Crippen LogP contribution in [-0.4, -0.2) is 53.6 Å². The van der Waals surface area contributed by atoms with Gasteiger partial charge in [-0.15, -0.1) is 6.42 Å². The van der Waals surface area contributed by atoms with Gasteiger partial charge in [-0.25, -0.2) is 4.79 Å². The lowest BCUT2D eigenvalue weighted by Crippen LogP contribution is -2.50. The van der Waals surface area contributed by atoms with E-state index in [1.807, 2.05) is 0 Å². The van der Waals surface area contributed by atoms with Gasteiger partial charge in [-0.3, -0.25) is 19.8 Å². The molecule has 0 saturated heterocycles. The van der Waals surface area contributed by atoms with Gasteiger partial charge in [0.05, 0.1) is 19.1 Å². The van der Waals surface area contributed by atoms with Gasteiger partial charge in [-0.05, 0) is 13.8 Å². The molecule has 1 atom stereocenters. The van der Waals surface area contributed by atoms with Crippen molar-refractivity contribution in [2.75, 3.05) is 19.6 Å². The average molecular weight is 255 g/mol. The van der Waals surface area contributed by atoms with Gasteiger partial charge in [-0.1, -0.05) is 5.92 Å². The molecule has 0 spiro atoms. The molecular formula is C11H17N3O4. The van der Waals surface area contributed by atoms with Crippen LogP contribution in [0.5, 0.6) is 0 Å². The summed E-state index contributed by atoms with van der Waals surface area (Å²) >= 11 is 0. The number of terminal acetylenes is 1. The van der Waals surface area contributed by atoms with Crippen LogP contribution in [0, 0.1) is 12.3 Å². The minimum absolute atomic E-state index is 0.0102. The third-order valence-electron chi connectivity index (χ3n) is 2.13. The van der Waals surface area contributed by atoms with Crippen LogP contribution >= 0.6 is 0 Å². The number of aliphatic carboxylic acids is 1. The Labute approximate surface area is 106 Å². The third-order valence-corrected chi connectivity index (χ3v) is 2.13. The molecule has 7 heteroatoms. The molecule has 0 aromatic rings. The zero-order valence-electron chi connectivity index (χ0n) is 10.4. The number of rotatable bonds is 6. The van der Waals surface area contributed by atoms with Crippen molar-refractivity contribution in [3.63, 3.8) is 0 Å². The Bertz CT molecular complexity index is 362. The highest BCUT2D eigenvalue weighted by Gasteiger charge is 2.23. The van der Waals surface area contributed by atoms with Gasteiger partial charge < -0.3 is 10.4 Å². The number of carboxylic acids is 1. The summed E-state index contributed by atoms with van der Waals surface area (Å²) in [6.45, 7) is 3.22. The number of carboxylic acid groups (broad SMARTS) is 1. The second kappa shape index (κ2) is 8.08. The number of carbonyl (C=O) groups is 3. The molecule has 0 aromatic heterocycles. The maximum atomic E-state index is 11.7. The molecule has 0 aliphatic carbocycles. The predicted molar refractivity (Wildman–Crippen MR) is 64.7 cm³/mol. The fraction of sp³-hybridized carbons (Fsp3) is 0.545. The summed E-state index contributed by atoms with van der Waals surface area (Å²) in [7, 11) is 0. The third kappa shape index (κ3) is 5.86. The first-order chi connectivity index (χ1) is 8.42. The number of hydrogen-bond acceptors (Lipinski definition) is 4. The fourth-order valence-electron chi connectivity index (χ4n) is 1.21. The van der Waals surface area contributed by atoms with Gasteiger partial charge in [-0.2, -0.15) is 0 Å². The maximum Gasteiger partial charge on any atom is 0.321 e. The van der Waals surface area contributed by atoms with E-state index in [-0.39, 0.29) is 13.1 Å². The quantitative estimate of drug-likeness (QED) is 0.542. The molecule has 0 heterocycles. The molecule has 0 bridgehead atoms. The zero-order valence-corrected chi connectivity index (χ0v) is 10.4. The number of carbonyl (C=O) groups excluding carboxylic acids is 2. The lowest BCUT2D eigenvalue weighted by Gasteiger charge is -2.24. The molecule has 18 heavy (non-hydrogen) atoms. The molecular weight excluding hydrogens is 238 g/mol. The topological polar surface area (TPSA) is 98.7 Å². The van der Waals surface area contributed by atoms with Crippen LogP contribution in [0.15, 0.2) is 0 Å². The Morgan fingerprint density at radius 1 is 1.44 bits per heavy atom. The van der Waals surface area contributed by atoms with Gasteiger partial charge in [0, 0.05) is 6.54 Å². The van der Waals surface area contributed by atoms with Crippen molar-refractivity contribution >= 4 is 17.9 Å². The van der Waals surface area contributed by atoms with Crippen LogP contribution in [-0.2, 0) is 9.59 Å². The highest BCUT2D eigenvalue weighted by Crippen LogP contribution is 1.98. The predicted octanol–water partition coefficient (Wildman–Crippen LogP) is -0.760. The van der Waals surface area contributed by atoms with Crippen molar-refractivity contribution in [2.24, 2.45) is 0 Å². The standard InChI is InChI=1S/C11H17N3O4/c1-4-6-14(7-9(15)16)8(3)10(17)13-11(18)12-5-2/h1,8H,5-7H2,2-3H3,(H,15,16)(H2,12,13,17,18). The smallest absolute Gasteiger partial charge is 0.321 e. The lowest BCUT2D eigenvalue weighted by atomic mass is 10.2. The number of imide groups is 1. The van der Waals surface area contributed by atoms with Gasteiger partial charge in [0.1, 0.15) is 0 Å². The first-order valence-corrected chi connectivity index (χ1v) is 5.40. The summed E-state index contributed by atoms with van der Waals surface area (Å²) in [6, 6.07) is -1.43. The molecule has 0 aliphatic rings. The molecule has 3 N–H and O–H groups in total. The molecule has 0 fully saturated rings. The number of amides is 3. The van der Waals surface area contributed by atoms with E-state index in [1.165, 1.54) is 11.8 Å². The second-order valence-corrected chi connectivity index (χ2v) is 3.53. The monoisotopic (exact) mass is 255 g/mol. The molecule has 7 nitrogen and oxygen atoms in total. The van der Waals surface area contributed by atoms with E-state index in [4.69, 9.17) is 11.5 Å². The number of hydrogen-bond donors (Lipinski definition) is 3. The van der Waals surface area contributed by atoms with Crippen LogP contribution in [0.3, 0.4) is 0 Å². The van der Waals surface area contributed by atoms with Gasteiger partial charge in [0.25, 0.3) is 0 Å². The van der Waals surface area contributed by atoms with Crippen molar-refractivity contribution in [1.82, 2.24) is 15.5 Å². The first-order valence-electron chi connectivity index (χ1n) is 5.40. The van der Waals surface area contributed by atoms with Crippen molar-refractivity contribution in [2.45, 2.75) is 19.9 Å². The largest absolute Gasteiger partial charge is 0.480 e. The van der Waals surface area contributed by atoms with E-state index in [2.05, 4.69) is 16.6 Å². The number of nitrogens with one attached hydrogen (secondary N) is 2. The molecule has 1 unspecified atom stereocenters. The molecule has 0 rings (SSSR count). The van der Waals surface area contributed by atoms with Crippen LogP contribution in [0.1, 0.15) is 13.8 Å². The van der Waals surface area contributed by atoms with E-state index >= 15 is 0 Å². The minimum atomic E-state index is -1.09. The SMILES string of the molecule is C#CCN(CC(=O)O)C(C)C(=O)NC(=O)NCC. The number of urea groups is 1. The molecule has 0 aliphatic heterocycles. The normalized spacial score (nSPS) is 11.4. The molecule has 0 saturated carbocycles. The summed E-state index contributed by atoms with van der Waals surface area (Å²) in [5.41, 5.74) is 0. The zero-order chi connectivity index (χ0) is 14.1. The van der Waals surface area contributed by atoms with E-state index in [0.717, 1.165) is 0 Å². The van der Waals surface area contributed by atoms with Crippen molar-refractivity contribution in [1.29, 1.82) is 0 Å². The summed E-state index contributed by atoms with van der Waals surface area (Å²) in [5, 5.41) is 13.2. The fourth-order valence-corrected chi connectivity index (χ4v) is 1.21. The molecule has 0 aromatic carbocycles. The summed E-state index contributed by atoms with van der Waals surface area (Å²) in [5.74, 6) is 0.575. The van der Waals surface area contributed by atoms with Gasteiger partial charge in [0.2, 0.25) is 5.91 Å². The summed E-state index contributed by atoms with van der Waals surface area (Å²) in [6.07, 6.45) is 5.10. The van der Waals surface area contributed by atoms with Crippen molar-refractivity contribution in [3.05, 3.63) is 0 Å². The van der Waals surface area contributed by atoms with E-state index in [0.29, 0.717) is 6.54 Å². The summed E-state index contributed by atoms with van der Waals surface area (Å²) < 4.78 is 0. The minimum Gasteiger partial charge on any atom is -0.480 e. The highest BCUT2D eigenvalue weighted by molar-refractivity contribution is 5.96. The van der Waals surface area contributed by atoms with E-state index < -0.39 is 23.9 Å². The average Bonchev–Trinajstić information content (AvgIpc) is 2.27. The van der Waals surface area contributed by atoms with Crippen LogP contribution in [0.4, 0.5) is 4.79 Å². The van der Waals surface area contributed by atoms with E-state index in [1.54, 1.807) is 6.92 Å². The number of nitrogens with zero attached hydrogens (tertiary/aromatic N) is 1. The second-order valence-electron chi connectivity index (χ2n) is 3.53. The van der Waals surface area contributed by atoms with E-state index in [9.17, 15) is 14.4 Å². The Balaban J connectivity index is 4.51. The Morgan fingerprint density at radius 2 is 2.06 bits per heavy atom. The molecule has 100 valence electrons. The van der Waals surface area contributed by atoms with Crippen LogP contribution in [0.2, 0.25) is 0 Å². The Hall–Kier alpha value is -2.07. The Morgan fingerprint density at radius 3 is 2.50 bits per heavy atom. The molecule has 0 radical (unpaired) electrons.